The van der Waals surface area contributed by atoms with E-state index < -0.39 is 6.09 Å². The van der Waals surface area contributed by atoms with Crippen LogP contribution in [0.5, 0.6) is 11.5 Å². The highest BCUT2D eigenvalue weighted by Crippen LogP contribution is 2.37. The Morgan fingerprint density at radius 3 is 3.07 bits per heavy atom. The summed E-state index contributed by atoms with van der Waals surface area (Å²) in [5, 5.41) is 0. The normalized spacial score (nSPS) is 13.9. The lowest BCUT2D eigenvalue weighted by molar-refractivity contribution is 0.205. The molecule has 0 bridgehead atoms. The lowest BCUT2D eigenvalue weighted by Crippen LogP contribution is -2.18. The van der Waals surface area contributed by atoms with Crippen molar-refractivity contribution >= 4 is 22.0 Å². The van der Waals surface area contributed by atoms with Crippen molar-refractivity contribution in [2.45, 2.75) is 12.8 Å². The molecule has 80 valence electrons. The van der Waals surface area contributed by atoms with E-state index in [4.69, 9.17) is 15.2 Å². The van der Waals surface area contributed by atoms with Crippen molar-refractivity contribution in [3.63, 3.8) is 0 Å². The van der Waals surface area contributed by atoms with Crippen molar-refractivity contribution in [2.75, 3.05) is 6.61 Å². The average molecular weight is 272 g/mol. The second kappa shape index (κ2) is 4.10. The summed E-state index contributed by atoms with van der Waals surface area (Å²) in [4.78, 5) is 10.7. The number of nitrogens with two attached hydrogens (primary N) is 1. The second-order valence-electron chi connectivity index (χ2n) is 3.27. The summed E-state index contributed by atoms with van der Waals surface area (Å²) in [6.07, 6.45) is 1.06. The molecule has 2 rings (SSSR count). The standard InChI is InChI=1S/C10H10BrNO3/c11-7-4-6-2-1-3-14-9(6)8(5-7)15-10(12)13/h4-5H,1-3H2,(H2,12,13). The Bertz CT molecular complexity index is 406. The van der Waals surface area contributed by atoms with Crippen LogP contribution in [0.2, 0.25) is 0 Å². The molecule has 2 N–H and O–H groups in total. The number of primary amides is 1. The maximum atomic E-state index is 10.7. The lowest BCUT2D eigenvalue weighted by Gasteiger charge is -2.19. The first-order valence-electron chi connectivity index (χ1n) is 4.59. The maximum Gasteiger partial charge on any atom is 0.410 e. The molecule has 1 heterocycles. The summed E-state index contributed by atoms with van der Waals surface area (Å²) in [5.41, 5.74) is 6.01. The molecule has 15 heavy (non-hydrogen) atoms. The molecule has 0 unspecified atom stereocenters. The number of hydrogen-bond donors (Lipinski definition) is 1. The summed E-state index contributed by atoms with van der Waals surface area (Å²) in [7, 11) is 0. The molecule has 0 fully saturated rings. The SMILES string of the molecule is NC(=O)Oc1cc(Br)cc2c1OCCC2. The van der Waals surface area contributed by atoms with E-state index in [9.17, 15) is 4.79 Å². The first-order chi connectivity index (χ1) is 7.16. The molecule has 1 aromatic carbocycles. The topological polar surface area (TPSA) is 61.6 Å². The molecule has 0 atom stereocenters. The van der Waals surface area contributed by atoms with E-state index >= 15 is 0 Å². The van der Waals surface area contributed by atoms with Gasteiger partial charge >= 0.3 is 6.09 Å². The second-order valence-corrected chi connectivity index (χ2v) is 4.18. The average Bonchev–Trinajstić information content (AvgIpc) is 2.16. The number of benzene rings is 1. The molecule has 0 aromatic heterocycles. The van der Waals surface area contributed by atoms with Crippen molar-refractivity contribution in [2.24, 2.45) is 5.73 Å². The number of halogens is 1. The molecule has 1 aliphatic heterocycles. The van der Waals surface area contributed by atoms with Crippen LogP contribution in [-0.2, 0) is 6.42 Å². The van der Waals surface area contributed by atoms with Crippen molar-refractivity contribution < 1.29 is 14.3 Å². The number of amides is 1. The third-order valence-corrected chi connectivity index (χ3v) is 2.60. The van der Waals surface area contributed by atoms with E-state index in [1.807, 2.05) is 6.07 Å². The number of carbonyl (C=O) groups is 1. The molecule has 0 aliphatic carbocycles. The largest absolute Gasteiger partial charge is 0.489 e. The van der Waals surface area contributed by atoms with Crippen LogP contribution in [0.1, 0.15) is 12.0 Å². The van der Waals surface area contributed by atoms with Gasteiger partial charge in [-0.15, -0.1) is 0 Å². The number of hydrogen-bond acceptors (Lipinski definition) is 3. The van der Waals surface area contributed by atoms with Gasteiger partial charge in [-0.3, -0.25) is 0 Å². The Balaban J connectivity index is 2.43. The third-order valence-electron chi connectivity index (χ3n) is 2.14. The van der Waals surface area contributed by atoms with Gasteiger partial charge in [-0.2, -0.15) is 0 Å². The van der Waals surface area contributed by atoms with Gasteiger partial charge in [-0.25, -0.2) is 4.79 Å². The molecule has 1 aliphatic rings. The third kappa shape index (κ3) is 2.23. The number of ether oxygens (including phenoxy) is 2. The number of carbonyl (C=O) groups excluding carboxylic acids is 1. The Hall–Kier alpha value is -1.23. The first kappa shape index (κ1) is 10.3. The zero-order chi connectivity index (χ0) is 10.8. The van der Waals surface area contributed by atoms with Crippen LogP contribution in [0.4, 0.5) is 4.79 Å². The van der Waals surface area contributed by atoms with Gasteiger partial charge in [0.2, 0.25) is 0 Å². The van der Waals surface area contributed by atoms with Crippen LogP contribution in [0.3, 0.4) is 0 Å². The molecular weight excluding hydrogens is 262 g/mol. The fourth-order valence-corrected chi connectivity index (χ4v) is 2.08. The van der Waals surface area contributed by atoms with Gasteiger partial charge in [0.1, 0.15) is 0 Å². The van der Waals surface area contributed by atoms with Crippen LogP contribution < -0.4 is 15.2 Å². The number of aryl methyl sites for hydroxylation is 1. The van der Waals surface area contributed by atoms with Gasteiger partial charge in [0.05, 0.1) is 6.61 Å². The summed E-state index contributed by atoms with van der Waals surface area (Å²) >= 11 is 3.34. The monoisotopic (exact) mass is 271 g/mol. The van der Waals surface area contributed by atoms with Crippen LogP contribution in [-0.4, -0.2) is 12.7 Å². The number of fused-ring (bicyclic) bond motifs is 1. The Kier molecular flexibility index (Phi) is 2.81. The molecule has 1 amide bonds. The van der Waals surface area contributed by atoms with E-state index in [2.05, 4.69) is 15.9 Å². The summed E-state index contributed by atoms with van der Waals surface area (Å²) in [6, 6.07) is 3.64. The van der Waals surface area contributed by atoms with E-state index in [0.29, 0.717) is 18.1 Å². The fourth-order valence-electron chi connectivity index (χ4n) is 1.59. The van der Waals surface area contributed by atoms with Gasteiger partial charge in [0.25, 0.3) is 0 Å². The minimum atomic E-state index is -0.829. The smallest absolute Gasteiger partial charge is 0.410 e. The van der Waals surface area contributed by atoms with E-state index in [-0.39, 0.29) is 0 Å². The fraction of sp³-hybridized carbons (Fsp3) is 0.300. The molecule has 1 aromatic rings. The summed E-state index contributed by atoms with van der Waals surface area (Å²) < 4.78 is 11.2. The Morgan fingerprint density at radius 1 is 1.53 bits per heavy atom. The molecule has 0 saturated heterocycles. The van der Waals surface area contributed by atoms with Gasteiger partial charge in [-0.1, -0.05) is 15.9 Å². The Morgan fingerprint density at radius 2 is 2.33 bits per heavy atom. The zero-order valence-electron chi connectivity index (χ0n) is 7.96. The maximum absolute atomic E-state index is 10.7. The lowest BCUT2D eigenvalue weighted by atomic mass is 10.1. The van der Waals surface area contributed by atoms with E-state index in [1.165, 1.54) is 0 Å². The highest BCUT2D eigenvalue weighted by molar-refractivity contribution is 9.10. The number of rotatable bonds is 1. The van der Waals surface area contributed by atoms with Gasteiger partial charge < -0.3 is 15.2 Å². The minimum absolute atomic E-state index is 0.381. The zero-order valence-corrected chi connectivity index (χ0v) is 9.54. The van der Waals surface area contributed by atoms with Crippen LogP contribution in [0.15, 0.2) is 16.6 Å². The highest BCUT2D eigenvalue weighted by Gasteiger charge is 2.18. The van der Waals surface area contributed by atoms with Crippen molar-refractivity contribution in [3.05, 3.63) is 22.2 Å². The van der Waals surface area contributed by atoms with E-state index in [0.717, 1.165) is 22.9 Å². The molecule has 4 nitrogen and oxygen atoms in total. The van der Waals surface area contributed by atoms with Gasteiger partial charge in [0.15, 0.2) is 11.5 Å². The molecular formula is C10H10BrNO3. The van der Waals surface area contributed by atoms with Gasteiger partial charge in [-0.05, 0) is 30.5 Å². The first-order valence-corrected chi connectivity index (χ1v) is 5.38. The predicted molar refractivity (Wildman–Crippen MR) is 58.2 cm³/mol. The van der Waals surface area contributed by atoms with Crippen LogP contribution in [0, 0.1) is 0 Å². The van der Waals surface area contributed by atoms with E-state index in [1.54, 1.807) is 6.07 Å². The highest BCUT2D eigenvalue weighted by atomic mass is 79.9. The quantitative estimate of drug-likeness (QED) is 0.852. The van der Waals surface area contributed by atoms with Crippen molar-refractivity contribution in [1.82, 2.24) is 0 Å². The summed E-state index contributed by atoms with van der Waals surface area (Å²) in [5.74, 6) is 1.01. The van der Waals surface area contributed by atoms with Gasteiger partial charge in [0, 0.05) is 4.47 Å². The minimum Gasteiger partial charge on any atom is -0.489 e. The van der Waals surface area contributed by atoms with Crippen molar-refractivity contribution in [3.8, 4) is 11.5 Å². The van der Waals surface area contributed by atoms with Crippen LogP contribution >= 0.6 is 15.9 Å². The molecule has 0 spiro atoms. The predicted octanol–water partition coefficient (Wildman–Crippen LogP) is 2.23. The van der Waals surface area contributed by atoms with Crippen LogP contribution in [0.25, 0.3) is 0 Å². The molecule has 5 heteroatoms. The van der Waals surface area contributed by atoms with Crippen molar-refractivity contribution in [1.29, 1.82) is 0 Å². The molecule has 0 radical (unpaired) electrons. The molecule has 0 saturated carbocycles. The summed E-state index contributed by atoms with van der Waals surface area (Å²) in [6.45, 7) is 0.643. The Labute approximate surface area is 95.5 Å².